The molecule has 0 bridgehead atoms. The lowest BCUT2D eigenvalue weighted by Gasteiger charge is -2.32. The summed E-state index contributed by atoms with van der Waals surface area (Å²) in [6.07, 6.45) is 8.49. The molecule has 96 valence electrons. The lowest BCUT2D eigenvalue weighted by molar-refractivity contribution is 0.183. The summed E-state index contributed by atoms with van der Waals surface area (Å²) < 4.78 is 0. The van der Waals surface area contributed by atoms with Crippen LogP contribution in [-0.4, -0.2) is 0 Å². The fourth-order valence-corrected chi connectivity index (χ4v) is 3.21. The molecule has 0 aromatic rings. The molecule has 0 N–H and O–H groups in total. The van der Waals surface area contributed by atoms with E-state index in [-0.39, 0.29) is 0 Å². The van der Waals surface area contributed by atoms with Crippen LogP contribution in [0.4, 0.5) is 0 Å². The molecule has 0 radical (unpaired) electrons. The summed E-state index contributed by atoms with van der Waals surface area (Å²) in [6.45, 7) is 14.5. The van der Waals surface area contributed by atoms with Crippen LogP contribution in [0.3, 0.4) is 0 Å². The third kappa shape index (κ3) is 3.02. The number of hydrogen-bond acceptors (Lipinski definition) is 0. The first-order chi connectivity index (χ1) is 7.34. The Kier molecular flexibility index (Phi) is 4.49. The summed E-state index contributed by atoms with van der Waals surface area (Å²) in [7, 11) is 0. The van der Waals surface area contributed by atoms with Gasteiger partial charge in [0.25, 0.3) is 0 Å². The van der Waals surface area contributed by atoms with Gasteiger partial charge in [0, 0.05) is 0 Å². The minimum absolute atomic E-state index is 0.560. The molecule has 16 heavy (non-hydrogen) atoms. The Balaban J connectivity index is 2.47. The Hall–Kier alpha value is 0. The van der Waals surface area contributed by atoms with Crippen molar-refractivity contribution in [1.82, 2.24) is 0 Å². The summed E-state index contributed by atoms with van der Waals surface area (Å²) in [4.78, 5) is 0. The molecule has 0 spiro atoms. The fourth-order valence-electron chi connectivity index (χ4n) is 3.21. The van der Waals surface area contributed by atoms with Crippen LogP contribution in [0.5, 0.6) is 0 Å². The average molecular weight is 224 g/mol. The minimum Gasteiger partial charge on any atom is -0.0649 e. The summed E-state index contributed by atoms with van der Waals surface area (Å²) in [5, 5.41) is 0. The molecule has 1 fully saturated rings. The molecular formula is C16H32. The lowest BCUT2D eigenvalue weighted by atomic mass is 9.74. The van der Waals surface area contributed by atoms with E-state index in [2.05, 4.69) is 41.5 Å². The summed E-state index contributed by atoms with van der Waals surface area (Å²) >= 11 is 0. The molecule has 1 rings (SSSR count). The monoisotopic (exact) mass is 224 g/mol. The van der Waals surface area contributed by atoms with Crippen molar-refractivity contribution in [2.45, 2.75) is 80.1 Å². The Labute approximate surface area is 103 Å². The van der Waals surface area contributed by atoms with Crippen molar-refractivity contribution in [3.8, 4) is 0 Å². The van der Waals surface area contributed by atoms with Crippen LogP contribution in [0.15, 0.2) is 0 Å². The van der Waals surface area contributed by atoms with Gasteiger partial charge in [-0.05, 0) is 48.3 Å². The Morgan fingerprint density at radius 1 is 1.25 bits per heavy atom. The van der Waals surface area contributed by atoms with E-state index in [1.807, 2.05) is 0 Å². The molecule has 0 saturated heterocycles. The van der Waals surface area contributed by atoms with Gasteiger partial charge in [0.05, 0.1) is 0 Å². The third-order valence-corrected chi connectivity index (χ3v) is 5.85. The largest absolute Gasteiger partial charge is 0.0649 e. The SMILES string of the molecule is CCC(C)(C)CCC1CCC(C)(CC)C1C. The molecule has 1 aliphatic rings. The zero-order valence-corrected chi connectivity index (χ0v) is 12.4. The highest BCUT2D eigenvalue weighted by molar-refractivity contribution is 4.91. The van der Waals surface area contributed by atoms with Gasteiger partial charge in [0.2, 0.25) is 0 Å². The van der Waals surface area contributed by atoms with Gasteiger partial charge in [-0.25, -0.2) is 0 Å². The van der Waals surface area contributed by atoms with Crippen LogP contribution in [0.25, 0.3) is 0 Å². The van der Waals surface area contributed by atoms with E-state index < -0.39 is 0 Å². The highest BCUT2D eigenvalue weighted by atomic mass is 14.5. The molecule has 0 nitrogen and oxygen atoms in total. The van der Waals surface area contributed by atoms with Crippen molar-refractivity contribution in [2.75, 3.05) is 0 Å². The van der Waals surface area contributed by atoms with Crippen molar-refractivity contribution >= 4 is 0 Å². The first-order valence-corrected chi connectivity index (χ1v) is 7.34. The summed E-state index contributed by atoms with van der Waals surface area (Å²) in [6, 6.07) is 0. The fraction of sp³-hybridized carbons (Fsp3) is 1.00. The molecule has 1 saturated carbocycles. The predicted octanol–water partition coefficient (Wildman–Crippen LogP) is 5.67. The maximum absolute atomic E-state index is 2.50. The Bertz CT molecular complexity index is 216. The van der Waals surface area contributed by atoms with E-state index in [9.17, 15) is 0 Å². The van der Waals surface area contributed by atoms with E-state index in [1.54, 1.807) is 0 Å². The second-order valence-corrected chi connectivity index (χ2v) is 7.15. The first-order valence-electron chi connectivity index (χ1n) is 7.34. The number of hydrogen-bond donors (Lipinski definition) is 0. The van der Waals surface area contributed by atoms with Gasteiger partial charge in [0.15, 0.2) is 0 Å². The normalized spacial score (nSPS) is 35.6. The zero-order valence-electron chi connectivity index (χ0n) is 12.4. The zero-order chi connectivity index (χ0) is 12.4. The smallest absolute Gasteiger partial charge is 0.0300 e. The third-order valence-electron chi connectivity index (χ3n) is 5.85. The lowest BCUT2D eigenvalue weighted by Crippen LogP contribution is -2.22. The van der Waals surface area contributed by atoms with Gasteiger partial charge >= 0.3 is 0 Å². The molecule has 0 amide bonds. The Morgan fingerprint density at radius 3 is 2.31 bits per heavy atom. The number of rotatable bonds is 5. The summed E-state index contributed by atoms with van der Waals surface area (Å²) in [5.74, 6) is 1.93. The summed E-state index contributed by atoms with van der Waals surface area (Å²) in [5.41, 5.74) is 1.20. The molecule has 0 aliphatic heterocycles. The second kappa shape index (κ2) is 5.10. The van der Waals surface area contributed by atoms with Gasteiger partial charge < -0.3 is 0 Å². The second-order valence-electron chi connectivity index (χ2n) is 7.15. The average Bonchev–Trinajstić information content (AvgIpc) is 2.55. The van der Waals surface area contributed by atoms with Crippen LogP contribution in [-0.2, 0) is 0 Å². The standard InChI is InChI=1S/C16H32/c1-7-15(4,5)11-9-14-10-12-16(6,8-2)13(14)3/h13-14H,7-12H2,1-6H3. The maximum atomic E-state index is 2.50. The van der Waals surface area contributed by atoms with E-state index in [0.29, 0.717) is 10.8 Å². The van der Waals surface area contributed by atoms with Crippen molar-refractivity contribution < 1.29 is 0 Å². The van der Waals surface area contributed by atoms with Crippen LogP contribution in [0, 0.1) is 22.7 Å². The van der Waals surface area contributed by atoms with Crippen LogP contribution >= 0.6 is 0 Å². The van der Waals surface area contributed by atoms with E-state index in [0.717, 1.165) is 11.8 Å². The maximum Gasteiger partial charge on any atom is -0.0300 e. The van der Waals surface area contributed by atoms with Gasteiger partial charge in [0.1, 0.15) is 0 Å². The van der Waals surface area contributed by atoms with Crippen molar-refractivity contribution in [2.24, 2.45) is 22.7 Å². The van der Waals surface area contributed by atoms with Crippen LogP contribution in [0.1, 0.15) is 80.1 Å². The first kappa shape index (κ1) is 14.1. The molecule has 0 heteroatoms. The molecule has 1 aliphatic carbocycles. The van der Waals surface area contributed by atoms with Crippen molar-refractivity contribution in [3.05, 3.63) is 0 Å². The topological polar surface area (TPSA) is 0 Å². The molecule has 3 atom stereocenters. The molecule has 0 aromatic carbocycles. The van der Waals surface area contributed by atoms with E-state index >= 15 is 0 Å². The van der Waals surface area contributed by atoms with Gasteiger partial charge in [-0.2, -0.15) is 0 Å². The Morgan fingerprint density at radius 2 is 1.88 bits per heavy atom. The quantitative estimate of drug-likeness (QED) is 0.565. The van der Waals surface area contributed by atoms with E-state index in [4.69, 9.17) is 0 Å². The minimum atomic E-state index is 0.560. The highest BCUT2D eigenvalue weighted by Crippen LogP contribution is 2.50. The molecule has 3 unspecified atom stereocenters. The van der Waals surface area contributed by atoms with Crippen LogP contribution < -0.4 is 0 Å². The van der Waals surface area contributed by atoms with Gasteiger partial charge in [-0.15, -0.1) is 0 Å². The predicted molar refractivity (Wildman–Crippen MR) is 73.6 cm³/mol. The van der Waals surface area contributed by atoms with Crippen molar-refractivity contribution in [1.29, 1.82) is 0 Å². The van der Waals surface area contributed by atoms with Gasteiger partial charge in [-0.1, -0.05) is 54.4 Å². The highest BCUT2D eigenvalue weighted by Gasteiger charge is 2.40. The molecular weight excluding hydrogens is 192 g/mol. The van der Waals surface area contributed by atoms with Crippen molar-refractivity contribution in [3.63, 3.8) is 0 Å². The van der Waals surface area contributed by atoms with Crippen LogP contribution in [0.2, 0.25) is 0 Å². The molecule has 0 heterocycles. The van der Waals surface area contributed by atoms with Gasteiger partial charge in [-0.3, -0.25) is 0 Å². The molecule has 0 aromatic heterocycles. The van der Waals surface area contributed by atoms with E-state index in [1.165, 1.54) is 38.5 Å².